The molecule has 0 aliphatic rings. The Labute approximate surface area is 112 Å². The third-order valence-corrected chi connectivity index (χ3v) is 3.38. The van der Waals surface area contributed by atoms with Gasteiger partial charge in [-0.2, -0.15) is 5.26 Å². The van der Waals surface area contributed by atoms with Gasteiger partial charge in [0.15, 0.2) is 0 Å². The Morgan fingerprint density at radius 3 is 3.00 bits per heavy atom. The third-order valence-electron chi connectivity index (χ3n) is 2.56. The summed E-state index contributed by atoms with van der Waals surface area (Å²) >= 11 is 1.51. The molecule has 3 rings (SSSR count). The summed E-state index contributed by atoms with van der Waals surface area (Å²) < 4.78 is 5.70. The Morgan fingerprint density at radius 2 is 2.16 bits per heavy atom. The van der Waals surface area contributed by atoms with Gasteiger partial charge >= 0.3 is 0 Å². The van der Waals surface area contributed by atoms with Crippen molar-refractivity contribution in [3.63, 3.8) is 0 Å². The zero-order valence-electron chi connectivity index (χ0n) is 9.70. The molecule has 0 radical (unpaired) electrons. The van der Waals surface area contributed by atoms with Crippen molar-refractivity contribution in [3.8, 4) is 17.7 Å². The maximum atomic E-state index is 9.08. The predicted octanol–water partition coefficient (Wildman–Crippen LogP) is 2.94. The third kappa shape index (κ3) is 2.07. The molecule has 0 saturated heterocycles. The van der Waals surface area contributed by atoms with Crippen LogP contribution in [-0.2, 0) is 0 Å². The molecule has 3 aromatic rings. The lowest BCUT2D eigenvalue weighted by Gasteiger charge is -2.07. The molecule has 2 N–H and O–H groups in total. The summed E-state index contributed by atoms with van der Waals surface area (Å²) in [7, 11) is 0. The van der Waals surface area contributed by atoms with E-state index in [0.717, 1.165) is 10.2 Å². The number of nitriles is 1. The topological polar surface area (TPSA) is 84.8 Å². The van der Waals surface area contributed by atoms with Crippen molar-refractivity contribution in [2.45, 2.75) is 0 Å². The molecule has 1 aromatic carbocycles. The molecule has 2 aromatic heterocycles. The summed E-state index contributed by atoms with van der Waals surface area (Å²) in [6.07, 6.45) is 1.44. The van der Waals surface area contributed by atoms with E-state index in [9.17, 15) is 0 Å². The lowest BCUT2D eigenvalue weighted by Crippen LogP contribution is -1.93. The predicted molar refractivity (Wildman–Crippen MR) is 73.1 cm³/mol. The van der Waals surface area contributed by atoms with E-state index in [1.54, 1.807) is 18.2 Å². The summed E-state index contributed by atoms with van der Waals surface area (Å²) in [5.41, 5.74) is 6.54. The Kier molecular flexibility index (Phi) is 2.74. The zero-order chi connectivity index (χ0) is 13.2. The average Bonchev–Trinajstić information content (AvgIpc) is 2.90. The summed E-state index contributed by atoms with van der Waals surface area (Å²) in [6, 6.07) is 8.85. The normalized spacial score (nSPS) is 10.3. The highest BCUT2D eigenvalue weighted by molar-refractivity contribution is 7.16. The highest BCUT2D eigenvalue weighted by Crippen LogP contribution is 2.31. The van der Waals surface area contributed by atoms with Gasteiger partial charge in [-0.3, -0.25) is 0 Å². The van der Waals surface area contributed by atoms with Gasteiger partial charge in [-0.05, 0) is 29.6 Å². The number of nitrogens with zero attached hydrogens (tertiary/aromatic N) is 3. The van der Waals surface area contributed by atoms with Crippen molar-refractivity contribution in [1.82, 2.24) is 9.97 Å². The number of hydrogen-bond acceptors (Lipinski definition) is 6. The molecule has 0 bridgehead atoms. The Balaban J connectivity index is 2.06. The van der Waals surface area contributed by atoms with E-state index in [0.29, 0.717) is 22.9 Å². The molecule has 2 heterocycles. The SMILES string of the molecule is N#Cc1cc(N)ccc1Oc1ncnc2sccc12. The first-order valence-electron chi connectivity index (χ1n) is 5.43. The first-order valence-corrected chi connectivity index (χ1v) is 6.31. The summed E-state index contributed by atoms with van der Waals surface area (Å²) in [6.45, 7) is 0. The zero-order valence-corrected chi connectivity index (χ0v) is 10.5. The number of hydrogen-bond donors (Lipinski definition) is 1. The summed E-state index contributed by atoms with van der Waals surface area (Å²) in [4.78, 5) is 9.09. The number of ether oxygens (including phenoxy) is 1. The first-order chi connectivity index (χ1) is 9.28. The van der Waals surface area contributed by atoms with Gasteiger partial charge in [0.25, 0.3) is 0 Å². The average molecular weight is 268 g/mol. The molecule has 0 unspecified atom stereocenters. The largest absolute Gasteiger partial charge is 0.437 e. The van der Waals surface area contributed by atoms with Crippen LogP contribution in [0.4, 0.5) is 5.69 Å². The number of nitrogen functional groups attached to an aromatic ring is 1. The highest BCUT2D eigenvalue weighted by Gasteiger charge is 2.10. The van der Waals surface area contributed by atoms with Crippen LogP contribution >= 0.6 is 11.3 Å². The molecule has 0 amide bonds. The van der Waals surface area contributed by atoms with Crippen LogP contribution in [0.25, 0.3) is 10.2 Å². The van der Waals surface area contributed by atoms with Gasteiger partial charge in [-0.25, -0.2) is 9.97 Å². The van der Waals surface area contributed by atoms with Crippen LogP contribution in [0.5, 0.6) is 11.6 Å². The van der Waals surface area contributed by atoms with Crippen LogP contribution in [0.3, 0.4) is 0 Å². The molecule has 0 atom stereocenters. The number of nitrogens with two attached hydrogens (primary N) is 1. The van der Waals surface area contributed by atoms with Crippen LogP contribution in [0.1, 0.15) is 5.56 Å². The van der Waals surface area contributed by atoms with Gasteiger partial charge in [0.05, 0.1) is 10.9 Å². The number of thiophene rings is 1. The second kappa shape index (κ2) is 4.55. The van der Waals surface area contributed by atoms with E-state index >= 15 is 0 Å². The number of aromatic nitrogens is 2. The van der Waals surface area contributed by atoms with Gasteiger partial charge in [0.1, 0.15) is 23.0 Å². The Bertz CT molecular complexity index is 791. The molecule has 0 aliphatic carbocycles. The van der Waals surface area contributed by atoms with Crippen molar-refractivity contribution in [1.29, 1.82) is 5.26 Å². The number of rotatable bonds is 2. The van der Waals surface area contributed by atoms with Crippen molar-refractivity contribution >= 4 is 27.2 Å². The van der Waals surface area contributed by atoms with E-state index in [1.165, 1.54) is 17.7 Å². The van der Waals surface area contributed by atoms with Gasteiger partial charge in [0.2, 0.25) is 5.88 Å². The molecule has 6 heteroatoms. The van der Waals surface area contributed by atoms with Gasteiger partial charge in [0, 0.05) is 5.69 Å². The molecule has 0 aliphatic heterocycles. The number of anilines is 1. The fourth-order valence-corrected chi connectivity index (χ4v) is 2.40. The van der Waals surface area contributed by atoms with E-state index < -0.39 is 0 Å². The molecular formula is C13H8N4OS. The lowest BCUT2D eigenvalue weighted by atomic mass is 10.2. The second-order valence-corrected chi connectivity index (χ2v) is 4.68. The van der Waals surface area contributed by atoms with E-state index in [1.807, 2.05) is 11.4 Å². The molecule has 5 nitrogen and oxygen atoms in total. The molecule has 0 spiro atoms. The number of benzene rings is 1. The minimum atomic E-state index is 0.377. The van der Waals surface area contributed by atoms with E-state index in [2.05, 4.69) is 16.0 Å². The lowest BCUT2D eigenvalue weighted by molar-refractivity contribution is 0.467. The van der Waals surface area contributed by atoms with Gasteiger partial charge < -0.3 is 10.5 Å². The van der Waals surface area contributed by atoms with Gasteiger partial charge in [-0.1, -0.05) is 0 Å². The quantitative estimate of drug-likeness (QED) is 0.722. The smallest absolute Gasteiger partial charge is 0.231 e. The van der Waals surface area contributed by atoms with Crippen LogP contribution in [0.15, 0.2) is 36.0 Å². The minimum Gasteiger partial charge on any atom is -0.437 e. The summed E-state index contributed by atoms with van der Waals surface area (Å²) in [5.74, 6) is 0.871. The van der Waals surface area contributed by atoms with Crippen LogP contribution in [-0.4, -0.2) is 9.97 Å². The van der Waals surface area contributed by atoms with Crippen LogP contribution in [0.2, 0.25) is 0 Å². The van der Waals surface area contributed by atoms with Gasteiger partial charge in [-0.15, -0.1) is 11.3 Å². The van der Waals surface area contributed by atoms with E-state index in [-0.39, 0.29) is 0 Å². The highest BCUT2D eigenvalue weighted by atomic mass is 32.1. The van der Waals surface area contributed by atoms with Crippen molar-refractivity contribution < 1.29 is 4.74 Å². The summed E-state index contributed by atoms with van der Waals surface area (Å²) in [5, 5.41) is 11.8. The van der Waals surface area contributed by atoms with E-state index in [4.69, 9.17) is 15.7 Å². The molecule has 92 valence electrons. The van der Waals surface area contributed by atoms with Crippen molar-refractivity contribution in [2.75, 3.05) is 5.73 Å². The molecule has 19 heavy (non-hydrogen) atoms. The molecule has 0 fully saturated rings. The maximum Gasteiger partial charge on any atom is 0.231 e. The number of fused-ring (bicyclic) bond motifs is 1. The Morgan fingerprint density at radius 1 is 1.26 bits per heavy atom. The monoisotopic (exact) mass is 268 g/mol. The van der Waals surface area contributed by atoms with Crippen LogP contribution < -0.4 is 10.5 Å². The second-order valence-electron chi connectivity index (χ2n) is 3.79. The first kappa shape index (κ1) is 11.4. The minimum absolute atomic E-state index is 0.377. The molecular weight excluding hydrogens is 260 g/mol. The fourth-order valence-electron chi connectivity index (χ4n) is 1.68. The standard InChI is InChI=1S/C13H8N4OS/c14-6-8-5-9(15)1-2-11(8)18-12-10-3-4-19-13(10)17-7-16-12/h1-5,7H,15H2. The van der Waals surface area contributed by atoms with Crippen LogP contribution in [0, 0.1) is 11.3 Å². The van der Waals surface area contributed by atoms with Crippen molar-refractivity contribution in [2.24, 2.45) is 0 Å². The fraction of sp³-hybridized carbons (Fsp3) is 0. The maximum absolute atomic E-state index is 9.08. The van der Waals surface area contributed by atoms with Crippen molar-refractivity contribution in [3.05, 3.63) is 41.5 Å². The Hall–Kier alpha value is -2.65. The molecule has 0 saturated carbocycles.